The van der Waals surface area contributed by atoms with Crippen molar-refractivity contribution in [3.63, 3.8) is 0 Å². The SMILES string of the molecule is CCC(CC)[N+]1(n2ccc3cc(OC)c(C)c(Cl)c32)C=CN=N1. The van der Waals surface area contributed by atoms with Gasteiger partial charge in [0.15, 0.2) is 6.20 Å². The molecule has 5 nitrogen and oxygen atoms in total. The third-order valence-corrected chi connectivity index (χ3v) is 5.15. The van der Waals surface area contributed by atoms with Gasteiger partial charge in [-0.2, -0.15) is 4.68 Å². The van der Waals surface area contributed by atoms with Crippen LogP contribution in [0, 0.1) is 6.92 Å². The van der Waals surface area contributed by atoms with E-state index < -0.39 is 0 Å². The molecule has 0 saturated carbocycles. The summed E-state index contributed by atoms with van der Waals surface area (Å²) in [7, 11) is 1.66. The van der Waals surface area contributed by atoms with E-state index in [1.807, 2.05) is 31.5 Å². The van der Waals surface area contributed by atoms with Gasteiger partial charge in [-0.05, 0) is 23.8 Å². The van der Waals surface area contributed by atoms with Crippen molar-refractivity contribution in [3.8, 4) is 5.75 Å². The Labute approximate surface area is 141 Å². The molecular formula is C17H22ClN4O+. The minimum atomic E-state index is 0.298. The van der Waals surface area contributed by atoms with Gasteiger partial charge in [0, 0.05) is 23.8 Å². The Kier molecular flexibility index (Phi) is 4.17. The van der Waals surface area contributed by atoms with Crippen molar-refractivity contribution in [3.05, 3.63) is 41.3 Å². The number of rotatable bonds is 5. The van der Waals surface area contributed by atoms with Crippen LogP contribution in [0.3, 0.4) is 0 Å². The molecule has 122 valence electrons. The van der Waals surface area contributed by atoms with Crippen molar-refractivity contribution in [1.82, 2.24) is 9.38 Å². The molecule has 1 aromatic carbocycles. The highest BCUT2D eigenvalue weighted by atomic mass is 35.5. The number of fused-ring (bicyclic) bond motifs is 1. The Morgan fingerprint density at radius 2 is 2.09 bits per heavy atom. The molecule has 1 atom stereocenters. The molecule has 1 aromatic heterocycles. The second-order valence-electron chi connectivity index (χ2n) is 5.79. The van der Waals surface area contributed by atoms with Crippen molar-refractivity contribution < 1.29 is 4.74 Å². The molecule has 0 saturated heterocycles. The molecule has 2 heterocycles. The summed E-state index contributed by atoms with van der Waals surface area (Å²) >= 11 is 6.68. The number of hydrogen-bond donors (Lipinski definition) is 0. The molecule has 0 amide bonds. The van der Waals surface area contributed by atoms with Crippen LogP contribution >= 0.6 is 11.6 Å². The Morgan fingerprint density at radius 3 is 2.65 bits per heavy atom. The monoisotopic (exact) mass is 333 g/mol. The Morgan fingerprint density at radius 1 is 1.35 bits per heavy atom. The first kappa shape index (κ1) is 16.0. The highest BCUT2D eigenvalue weighted by molar-refractivity contribution is 6.36. The second-order valence-corrected chi connectivity index (χ2v) is 6.17. The first-order valence-electron chi connectivity index (χ1n) is 7.92. The largest absolute Gasteiger partial charge is 0.496 e. The summed E-state index contributed by atoms with van der Waals surface area (Å²) in [4.78, 5) is 0. The zero-order valence-electron chi connectivity index (χ0n) is 14.0. The van der Waals surface area contributed by atoms with Crippen molar-refractivity contribution in [2.24, 2.45) is 10.3 Å². The van der Waals surface area contributed by atoms with Crippen molar-refractivity contribution in [1.29, 1.82) is 0 Å². The number of halogens is 1. The van der Waals surface area contributed by atoms with Gasteiger partial charge in [-0.1, -0.05) is 25.4 Å². The smallest absolute Gasteiger partial charge is 0.171 e. The van der Waals surface area contributed by atoms with Gasteiger partial charge in [0.1, 0.15) is 23.5 Å². The molecule has 0 bridgehead atoms. The molecule has 1 aliphatic rings. The van der Waals surface area contributed by atoms with Crippen LogP contribution in [0.5, 0.6) is 5.75 Å². The summed E-state index contributed by atoms with van der Waals surface area (Å²) < 4.78 is 7.84. The van der Waals surface area contributed by atoms with Gasteiger partial charge in [0.05, 0.1) is 23.6 Å². The molecule has 0 spiro atoms. The quantitative estimate of drug-likeness (QED) is 0.702. The Balaban J connectivity index is 2.29. The Hall–Kier alpha value is -1.85. The molecule has 2 aromatic rings. The zero-order chi connectivity index (χ0) is 16.6. The number of aromatic nitrogens is 1. The lowest BCUT2D eigenvalue weighted by atomic mass is 10.1. The summed E-state index contributed by atoms with van der Waals surface area (Å²) in [5, 5.41) is 10.4. The highest BCUT2D eigenvalue weighted by Gasteiger charge is 2.41. The predicted molar refractivity (Wildman–Crippen MR) is 94.1 cm³/mol. The molecule has 1 aliphatic heterocycles. The van der Waals surface area contributed by atoms with Crippen LogP contribution in [0.15, 0.2) is 41.1 Å². The minimum Gasteiger partial charge on any atom is -0.496 e. The van der Waals surface area contributed by atoms with Gasteiger partial charge in [-0.3, -0.25) is 0 Å². The lowest BCUT2D eigenvalue weighted by molar-refractivity contribution is 0.130. The van der Waals surface area contributed by atoms with Crippen molar-refractivity contribution >= 4 is 22.5 Å². The number of nitrogens with zero attached hydrogens (tertiary/aromatic N) is 4. The van der Waals surface area contributed by atoms with Crippen molar-refractivity contribution in [2.45, 2.75) is 39.7 Å². The maximum absolute atomic E-state index is 6.68. The number of ether oxygens (including phenoxy) is 1. The van der Waals surface area contributed by atoms with Crippen LogP contribution in [-0.2, 0) is 0 Å². The van der Waals surface area contributed by atoms with Gasteiger partial charge in [-0.15, -0.1) is 5.11 Å². The average molecular weight is 334 g/mol. The fourth-order valence-electron chi connectivity index (χ4n) is 3.38. The minimum absolute atomic E-state index is 0.298. The van der Waals surface area contributed by atoms with E-state index in [0.29, 0.717) is 15.8 Å². The maximum Gasteiger partial charge on any atom is 0.171 e. The third-order valence-electron chi connectivity index (χ3n) is 4.68. The summed E-state index contributed by atoms with van der Waals surface area (Å²) in [6.07, 6.45) is 7.79. The molecule has 3 rings (SSSR count). The summed E-state index contributed by atoms with van der Waals surface area (Å²) in [6.45, 7) is 6.33. The zero-order valence-corrected chi connectivity index (χ0v) is 14.7. The first-order valence-corrected chi connectivity index (χ1v) is 8.30. The van der Waals surface area contributed by atoms with Crippen LogP contribution in [0.25, 0.3) is 10.9 Å². The summed E-state index contributed by atoms with van der Waals surface area (Å²) in [5.74, 6) is 0.799. The average Bonchev–Trinajstić information content (AvgIpc) is 3.19. The van der Waals surface area contributed by atoms with Crippen molar-refractivity contribution in [2.75, 3.05) is 7.11 Å². The van der Waals surface area contributed by atoms with Gasteiger partial charge >= 0.3 is 0 Å². The predicted octanol–water partition coefficient (Wildman–Crippen LogP) is 5.09. The van der Waals surface area contributed by atoms with Gasteiger partial charge in [0.2, 0.25) is 0 Å². The topological polar surface area (TPSA) is 38.9 Å². The van der Waals surface area contributed by atoms with E-state index in [-0.39, 0.29) is 0 Å². The van der Waals surface area contributed by atoms with Crippen LogP contribution < -0.4 is 9.44 Å². The molecule has 23 heavy (non-hydrogen) atoms. The maximum atomic E-state index is 6.68. The first-order chi connectivity index (χ1) is 11.1. The molecule has 0 fully saturated rings. The molecule has 1 unspecified atom stereocenters. The molecule has 0 radical (unpaired) electrons. The van der Waals surface area contributed by atoms with E-state index in [0.717, 1.165) is 35.1 Å². The highest BCUT2D eigenvalue weighted by Crippen LogP contribution is 2.37. The standard InChI is InChI=1S/C17H22ClN4O/c1-5-14(6-2)22(10-8-19-20-22)21-9-7-13-11-15(23-4)12(3)16(18)17(13)21/h7-11,14H,5-6H2,1-4H3/q+1. The molecule has 6 heteroatoms. The van der Waals surface area contributed by atoms with Gasteiger partial charge in [-0.25, -0.2) is 0 Å². The fourth-order valence-corrected chi connectivity index (χ4v) is 3.67. The van der Waals surface area contributed by atoms with E-state index in [1.165, 1.54) is 0 Å². The lowest BCUT2D eigenvalue weighted by Crippen LogP contribution is -2.54. The van der Waals surface area contributed by atoms with E-state index in [1.54, 1.807) is 13.3 Å². The van der Waals surface area contributed by atoms with Crippen LogP contribution in [0.4, 0.5) is 0 Å². The van der Waals surface area contributed by atoms with Gasteiger partial charge < -0.3 is 4.74 Å². The van der Waals surface area contributed by atoms with E-state index >= 15 is 0 Å². The van der Waals surface area contributed by atoms with E-state index in [9.17, 15) is 0 Å². The van der Waals surface area contributed by atoms with Crippen LogP contribution in [0.2, 0.25) is 5.02 Å². The molecule has 0 N–H and O–H groups in total. The fraction of sp³-hybridized carbons (Fsp3) is 0.412. The number of quaternary nitrogens is 1. The van der Waals surface area contributed by atoms with Crippen LogP contribution in [0.1, 0.15) is 32.3 Å². The number of hydrogen-bond acceptors (Lipinski definition) is 3. The molecular weight excluding hydrogens is 312 g/mol. The van der Waals surface area contributed by atoms with Crippen LogP contribution in [-0.4, -0.2) is 17.8 Å². The molecule has 0 aliphatic carbocycles. The number of benzene rings is 1. The number of methoxy groups -OCH3 is 1. The summed E-state index contributed by atoms with van der Waals surface area (Å²) in [6, 6.07) is 4.37. The van der Waals surface area contributed by atoms with Gasteiger partial charge in [0.25, 0.3) is 0 Å². The lowest BCUT2D eigenvalue weighted by Gasteiger charge is -2.32. The second kappa shape index (κ2) is 5.98. The normalized spacial score (nSPS) is 20.1. The summed E-state index contributed by atoms with van der Waals surface area (Å²) in [5.41, 5.74) is 1.90. The van der Waals surface area contributed by atoms with E-state index in [2.05, 4.69) is 28.9 Å². The third kappa shape index (κ3) is 2.26. The Bertz CT molecular complexity index is 777. The van der Waals surface area contributed by atoms with E-state index in [4.69, 9.17) is 16.3 Å².